The molecule has 0 unspecified atom stereocenters. The topological polar surface area (TPSA) is 48.9 Å². The minimum absolute atomic E-state index is 0.0305. The Labute approximate surface area is 160 Å². The van der Waals surface area contributed by atoms with Crippen LogP contribution < -0.4 is 4.90 Å². The van der Waals surface area contributed by atoms with Crippen molar-refractivity contribution in [2.24, 2.45) is 0 Å². The SMILES string of the molecule is O=C(c1ccc(N2CCOCC2)cn1)N1CCN(Cc2ccccc2)CC1. The Morgan fingerprint density at radius 1 is 0.926 bits per heavy atom. The lowest BCUT2D eigenvalue weighted by Crippen LogP contribution is -2.48. The van der Waals surface area contributed by atoms with Crippen molar-refractivity contribution in [3.05, 3.63) is 59.9 Å². The normalized spacial score (nSPS) is 18.5. The standard InChI is InChI=1S/C21H26N4O2/c26-21(20-7-6-19(16-22-20)24-12-14-27-15-13-24)25-10-8-23(9-11-25)17-18-4-2-1-3-5-18/h1-7,16H,8-15,17H2. The van der Waals surface area contributed by atoms with Crippen molar-refractivity contribution in [1.29, 1.82) is 0 Å². The van der Waals surface area contributed by atoms with Crippen LogP contribution in [0.5, 0.6) is 0 Å². The van der Waals surface area contributed by atoms with Crippen LogP contribution in [-0.2, 0) is 11.3 Å². The first-order valence-corrected chi connectivity index (χ1v) is 9.64. The zero-order valence-electron chi connectivity index (χ0n) is 15.6. The number of anilines is 1. The molecule has 0 radical (unpaired) electrons. The molecule has 1 amide bonds. The monoisotopic (exact) mass is 366 g/mol. The molecule has 27 heavy (non-hydrogen) atoms. The van der Waals surface area contributed by atoms with Gasteiger partial charge in [-0.05, 0) is 17.7 Å². The summed E-state index contributed by atoms with van der Waals surface area (Å²) in [5.41, 5.74) is 2.91. The van der Waals surface area contributed by atoms with E-state index in [1.807, 2.05) is 29.3 Å². The number of hydrogen-bond donors (Lipinski definition) is 0. The zero-order valence-corrected chi connectivity index (χ0v) is 15.6. The van der Waals surface area contributed by atoms with E-state index in [-0.39, 0.29) is 5.91 Å². The van der Waals surface area contributed by atoms with Crippen molar-refractivity contribution in [1.82, 2.24) is 14.8 Å². The number of carbonyl (C=O) groups excluding carboxylic acids is 1. The van der Waals surface area contributed by atoms with Gasteiger partial charge in [-0.1, -0.05) is 30.3 Å². The van der Waals surface area contributed by atoms with Gasteiger partial charge in [0.15, 0.2) is 0 Å². The molecule has 2 fully saturated rings. The fourth-order valence-corrected chi connectivity index (χ4v) is 3.63. The van der Waals surface area contributed by atoms with Crippen LogP contribution >= 0.6 is 0 Å². The van der Waals surface area contributed by atoms with E-state index < -0.39 is 0 Å². The predicted octanol–water partition coefficient (Wildman–Crippen LogP) is 1.88. The van der Waals surface area contributed by atoms with Gasteiger partial charge in [0.2, 0.25) is 0 Å². The molecule has 4 rings (SSSR count). The number of nitrogens with zero attached hydrogens (tertiary/aromatic N) is 4. The number of pyridine rings is 1. The molecule has 1 aromatic carbocycles. The van der Waals surface area contributed by atoms with Gasteiger partial charge in [0.1, 0.15) is 5.69 Å². The van der Waals surface area contributed by atoms with Crippen LogP contribution in [0.1, 0.15) is 16.1 Å². The highest BCUT2D eigenvalue weighted by Gasteiger charge is 2.23. The van der Waals surface area contributed by atoms with E-state index in [2.05, 4.69) is 39.0 Å². The molecule has 6 heteroatoms. The van der Waals surface area contributed by atoms with Gasteiger partial charge in [-0.15, -0.1) is 0 Å². The van der Waals surface area contributed by atoms with E-state index in [4.69, 9.17) is 4.74 Å². The van der Waals surface area contributed by atoms with E-state index in [0.29, 0.717) is 5.69 Å². The fraction of sp³-hybridized carbons (Fsp3) is 0.429. The molecule has 0 bridgehead atoms. The molecule has 142 valence electrons. The van der Waals surface area contributed by atoms with Gasteiger partial charge in [-0.3, -0.25) is 9.69 Å². The van der Waals surface area contributed by atoms with Crippen molar-refractivity contribution in [3.8, 4) is 0 Å². The van der Waals surface area contributed by atoms with Crippen LogP contribution in [0.3, 0.4) is 0 Å². The van der Waals surface area contributed by atoms with Gasteiger partial charge >= 0.3 is 0 Å². The summed E-state index contributed by atoms with van der Waals surface area (Å²) in [6.45, 7) is 7.46. The molecule has 0 saturated carbocycles. The van der Waals surface area contributed by atoms with Crippen molar-refractivity contribution >= 4 is 11.6 Å². The summed E-state index contributed by atoms with van der Waals surface area (Å²) in [6, 6.07) is 14.3. The largest absolute Gasteiger partial charge is 0.378 e. The predicted molar refractivity (Wildman–Crippen MR) is 105 cm³/mol. The minimum atomic E-state index is 0.0305. The molecule has 0 atom stereocenters. The second-order valence-corrected chi connectivity index (χ2v) is 7.06. The van der Waals surface area contributed by atoms with Crippen LogP contribution in [0.25, 0.3) is 0 Å². The van der Waals surface area contributed by atoms with Crippen molar-refractivity contribution < 1.29 is 9.53 Å². The lowest BCUT2D eigenvalue weighted by molar-refractivity contribution is 0.0622. The maximum atomic E-state index is 12.8. The van der Waals surface area contributed by atoms with E-state index in [1.165, 1.54) is 5.56 Å². The Hall–Kier alpha value is -2.44. The molecule has 2 saturated heterocycles. The Bertz CT molecular complexity index is 737. The van der Waals surface area contributed by atoms with E-state index >= 15 is 0 Å². The molecule has 0 spiro atoms. The zero-order chi connectivity index (χ0) is 18.5. The molecule has 3 heterocycles. The maximum Gasteiger partial charge on any atom is 0.272 e. The van der Waals surface area contributed by atoms with Crippen molar-refractivity contribution in [2.45, 2.75) is 6.54 Å². The quantitative estimate of drug-likeness (QED) is 0.827. The Morgan fingerprint density at radius 2 is 1.67 bits per heavy atom. The van der Waals surface area contributed by atoms with Crippen LogP contribution in [-0.4, -0.2) is 73.2 Å². The molecular weight excluding hydrogens is 340 g/mol. The molecule has 2 aliphatic rings. The maximum absolute atomic E-state index is 12.8. The first-order valence-electron chi connectivity index (χ1n) is 9.64. The lowest BCUT2D eigenvalue weighted by Gasteiger charge is -2.34. The summed E-state index contributed by atoms with van der Waals surface area (Å²) in [4.78, 5) is 23.7. The second kappa shape index (κ2) is 8.50. The van der Waals surface area contributed by atoms with Crippen molar-refractivity contribution in [3.63, 3.8) is 0 Å². The smallest absolute Gasteiger partial charge is 0.272 e. The van der Waals surface area contributed by atoms with Crippen molar-refractivity contribution in [2.75, 3.05) is 57.4 Å². The fourth-order valence-electron chi connectivity index (χ4n) is 3.63. The van der Waals surface area contributed by atoms with Gasteiger partial charge in [0.05, 0.1) is 25.1 Å². The van der Waals surface area contributed by atoms with E-state index in [1.54, 1.807) is 0 Å². The lowest BCUT2D eigenvalue weighted by atomic mass is 10.2. The third-order valence-corrected chi connectivity index (χ3v) is 5.25. The number of ether oxygens (including phenoxy) is 1. The molecule has 0 aliphatic carbocycles. The number of amides is 1. The van der Waals surface area contributed by atoms with Crippen LogP contribution in [0.2, 0.25) is 0 Å². The molecule has 0 N–H and O–H groups in total. The average molecular weight is 366 g/mol. The highest BCUT2D eigenvalue weighted by atomic mass is 16.5. The molecule has 1 aromatic heterocycles. The minimum Gasteiger partial charge on any atom is -0.378 e. The molecular formula is C21H26N4O2. The van der Waals surface area contributed by atoms with Gasteiger partial charge in [-0.25, -0.2) is 4.98 Å². The number of piperazine rings is 1. The Morgan fingerprint density at radius 3 is 2.33 bits per heavy atom. The summed E-state index contributed by atoms with van der Waals surface area (Å²) >= 11 is 0. The molecule has 6 nitrogen and oxygen atoms in total. The summed E-state index contributed by atoms with van der Waals surface area (Å²) in [6.07, 6.45) is 1.81. The van der Waals surface area contributed by atoms with Gasteiger partial charge in [0.25, 0.3) is 5.91 Å². The highest BCUT2D eigenvalue weighted by Crippen LogP contribution is 2.16. The summed E-state index contributed by atoms with van der Waals surface area (Å²) < 4.78 is 5.38. The van der Waals surface area contributed by atoms with E-state index in [0.717, 1.165) is 64.7 Å². The molecule has 2 aliphatic heterocycles. The van der Waals surface area contributed by atoms with Crippen LogP contribution in [0.4, 0.5) is 5.69 Å². The summed E-state index contributed by atoms with van der Waals surface area (Å²) in [5, 5.41) is 0. The Kier molecular flexibility index (Phi) is 5.65. The second-order valence-electron chi connectivity index (χ2n) is 7.06. The van der Waals surface area contributed by atoms with Gasteiger partial charge < -0.3 is 14.5 Å². The van der Waals surface area contributed by atoms with Gasteiger partial charge in [0, 0.05) is 45.8 Å². The number of hydrogen-bond acceptors (Lipinski definition) is 5. The number of aromatic nitrogens is 1. The number of carbonyl (C=O) groups is 1. The summed E-state index contributed by atoms with van der Waals surface area (Å²) in [7, 11) is 0. The number of rotatable bonds is 4. The Balaban J connectivity index is 1.31. The highest BCUT2D eigenvalue weighted by molar-refractivity contribution is 5.92. The number of benzene rings is 1. The first-order chi connectivity index (χ1) is 13.3. The summed E-state index contributed by atoms with van der Waals surface area (Å²) in [5.74, 6) is 0.0305. The van der Waals surface area contributed by atoms with Crippen LogP contribution in [0.15, 0.2) is 48.7 Å². The molecule has 2 aromatic rings. The number of morpholine rings is 1. The third-order valence-electron chi connectivity index (χ3n) is 5.25. The van der Waals surface area contributed by atoms with Gasteiger partial charge in [-0.2, -0.15) is 0 Å². The van der Waals surface area contributed by atoms with Crippen LogP contribution in [0, 0.1) is 0 Å². The average Bonchev–Trinajstić information content (AvgIpc) is 2.75. The third kappa shape index (κ3) is 4.46. The van der Waals surface area contributed by atoms with E-state index in [9.17, 15) is 4.79 Å². The first kappa shape index (κ1) is 17.9.